The fraction of sp³-hybridized carbons (Fsp3) is 0.400. The van der Waals surface area contributed by atoms with Gasteiger partial charge in [0, 0.05) is 57.1 Å². The van der Waals surface area contributed by atoms with Crippen molar-refractivity contribution in [2.24, 2.45) is 7.05 Å². The van der Waals surface area contributed by atoms with Gasteiger partial charge < -0.3 is 14.2 Å². The maximum Gasteiger partial charge on any atom is 0.250 e. The maximum absolute atomic E-state index is 12.7. The molecule has 186 valence electrons. The Labute approximate surface area is 213 Å². The van der Waals surface area contributed by atoms with Crippen molar-refractivity contribution < 1.29 is 9.53 Å². The zero-order chi connectivity index (χ0) is 22.9. The van der Waals surface area contributed by atoms with Crippen LogP contribution in [0.1, 0.15) is 25.8 Å². The first kappa shape index (κ1) is 29.4. The molecule has 0 radical (unpaired) electrons. The molecule has 0 saturated carbocycles. The number of fused-ring (bicyclic) bond motifs is 1. The summed E-state index contributed by atoms with van der Waals surface area (Å²) in [6.45, 7) is 7.81. The number of pyridine rings is 2. The van der Waals surface area contributed by atoms with E-state index in [1.807, 2.05) is 55.1 Å². The fourth-order valence-corrected chi connectivity index (χ4v) is 3.76. The van der Waals surface area contributed by atoms with Crippen molar-refractivity contribution in [2.45, 2.75) is 26.8 Å². The number of halogens is 2. The molecule has 0 aliphatic rings. The molecule has 34 heavy (non-hydrogen) atoms. The molecule has 9 heteroatoms. The van der Waals surface area contributed by atoms with Gasteiger partial charge in [-0.15, -0.1) is 24.8 Å². The minimum atomic E-state index is -0.0280. The first-order chi connectivity index (χ1) is 15.5. The number of rotatable bonds is 11. The van der Waals surface area contributed by atoms with Crippen LogP contribution in [0, 0.1) is 0 Å². The normalized spacial score (nSPS) is 10.5. The first-order valence-electron chi connectivity index (χ1n) is 11.1. The summed E-state index contributed by atoms with van der Waals surface area (Å²) in [5.41, 5.74) is 1.98. The first-order valence-corrected chi connectivity index (χ1v) is 11.1. The van der Waals surface area contributed by atoms with E-state index in [4.69, 9.17) is 4.74 Å². The number of hydrogen-bond donors (Lipinski definition) is 0. The highest BCUT2D eigenvalue weighted by Crippen LogP contribution is 2.19. The maximum atomic E-state index is 12.7. The van der Waals surface area contributed by atoms with Crippen LogP contribution in [0.5, 0.6) is 5.75 Å². The summed E-state index contributed by atoms with van der Waals surface area (Å²) in [7, 11) is 1.77. The van der Waals surface area contributed by atoms with Crippen LogP contribution in [-0.4, -0.2) is 58.0 Å². The van der Waals surface area contributed by atoms with Crippen LogP contribution >= 0.6 is 24.8 Å². The quantitative estimate of drug-likeness (QED) is 0.367. The summed E-state index contributed by atoms with van der Waals surface area (Å²) >= 11 is 0. The van der Waals surface area contributed by atoms with Gasteiger partial charge in [-0.05, 0) is 62.2 Å². The van der Waals surface area contributed by atoms with Crippen molar-refractivity contribution in [1.82, 2.24) is 19.4 Å². The molecule has 2 heterocycles. The van der Waals surface area contributed by atoms with Crippen LogP contribution in [0.2, 0.25) is 0 Å². The lowest BCUT2D eigenvalue weighted by atomic mass is 10.2. The molecule has 0 unspecified atom stereocenters. The molecule has 0 bridgehead atoms. The van der Waals surface area contributed by atoms with Crippen molar-refractivity contribution >= 4 is 41.6 Å². The van der Waals surface area contributed by atoms with Crippen LogP contribution in [-0.2, 0) is 18.4 Å². The number of nitrogens with zero attached hydrogens (tertiary/aromatic N) is 4. The number of carbonyl (C=O) groups is 1. The van der Waals surface area contributed by atoms with Crippen LogP contribution in [0.15, 0.2) is 59.7 Å². The van der Waals surface area contributed by atoms with E-state index in [1.165, 1.54) is 0 Å². The van der Waals surface area contributed by atoms with E-state index in [2.05, 4.69) is 9.88 Å². The van der Waals surface area contributed by atoms with Crippen molar-refractivity contribution in [3.63, 3.8) is 0 Å². The van der Waals surface area contributed by atoms with Crippen molar-refractivity contribution in [3.05, 3.63) is 70.8 Å². The third-order valence-corrected chi connectivity index (χ3v) is 5.61. The van der Waals surface area contributed by atoms with E-state index in [1.54, 1.807) is 30.1 Å². The molecule has 3 rings (SSSR count). The van der Waals surface area contributed by atoms with Crippen LogP contribution in [0.4, 0.5) is 0 Å². The zero-order valence-corrected chi connectivity index (χ0v) is 21.6. The fourth-order valence-electron chi connectivity index (χ4n) is 3.76. The van der Waals surface area contributed by atoms with Crippen molar-refractivity contribution in [1.29, 1.82) is 0 Å². The van der Waals surface area contributed by atoms with E-state index in [0.717, 1.165) is 48.3 Å². The molecule has 1 amide bonds. The van der Waals surface area contributed by atoms with Crippen molar-refractivity contribution in [3.8, 4) is 5.75 Å². The summed E-state index contributed by atoms with van der Waals surface area (Å²) in [4.78, 5) is 32.5. The van der Waals surface area contributed by atoms with E-state index in [9.17, 15) is 9.59 Å². The standard InChI is InChI=1S/C25H32N4O3.2ClH/c1-4-29(5-2)25(31)19-28(18-20-11-13-26-14-12-20)15-6-16-32-22-8-9-23-21(17-22)7-10-24(30)27(23)3;;/h7-14,17H,4-6,15-16,18-19H2,1-3H3;2*1H. The number of ether oxygens (including phenoxy) is 1. The Balaban J connectivity index is 0.00000289. The van der Waals surface area contributed by atoms with Crippen LogP contribution in [0.3, 0.4) is 0 Å². The second kappa shape index (κ2) is 14.6. The highest BCUT2D eigenvalue weighted by Gasteiger charge is 2.15. The molecule has 0 saturated heterocycles. The second-order valence-corrected chi connectivity index (χ2v) is 7.79. The lowest BCUT2D eigenvalue weighted by Crippen LogP contribution is -2.40. The summed E-state index contributed by atoms with van der Waals surface area (Å²) in [6, 6.07) is 13.1. The molecule has 0 aliphatic carbocycles. The highest BCUT2D eigenvalue weighted by atomic mass is 35.5. The molecule has 0 atom stereocenters. The Morgan fingerprint density at radius 3 is 2.41 bits per heavy atom. The summed E-state index contributed by atoms with van der Waals surface area (Å²) in [5.74, 6) is 0.918. The van der Waals surface area contributed by atoms with Gasteiger partial charge in [0.15, 0.2) is 0 Å². The Morgan fingerprint density at radius 2 is 1.74 bits per heavy atom. The van der Waals surface area contributed by atoms with Gasteiger partial charge in [-0.1, -0.05) is 0 Å². The van der Waals surface area contributed by atoms with Gasteiger partial charge in [0.05, 0.1) is 18.7 Å². The van der Waals surface area contributed by atoms with Gasteiger partial charge in [-0.2, -0.15) is 0 Å². The molecule has 0 aliphatic heterocycles. The molecule has 7 nitrogen and oxygen atoms in total. The molecule has 0 N–H and O–H groups in total. The minimum Gasteiger partial charge on any atom is -0.494 e. The average molecular weight is 509 g/mol. The number of hydrogen-bond acceptors (Lipinski definition) is 5. The lowest BCUT2D eigenvalue weighted by Gasteiger charge is -2.26. The predicted octanol–water partition coefficient (Wildman–Crippen LogP) is 3.92. The number of likely N-dealkylation sites (N-methyl/N-ethyl adjacent to an activating group) is 1. The van der Waals surface area contributed by atoms with E-state index in [-0.39, 0.29) is 36.3 Å². The number of carbonyl (C=O) groups excluding carboxylic acids is 1. The summed E-state index contributed by atoms with van der Waals surface area (Å²) in [6.07, 6.45) is 4.35. The third-order valence-electron chi connectivity index (χ3n) is 5.61. The van der Waals surface area contributed by atoms with E-state index < -0.39 is 0 Å². The number of amides is 1. The minimum absolute atomic E-state index is 0. The summed E-state index contributed by atoms with van der Waals surface area (Å²) in [5, 5.41) is 0.966. The lowest BCUT2D eigenvalue weighted by molar-refractivity contribution is -0.132. The SMILES string of the molecule is CCN(CC)C(=O)CN(CCCOc1ccc2c(ccc(=O)n2C)c1)Cc1ccncc1.Cl.Cl. The van der Waals surface area contributed by atoms with Gasteiger partial charge in [0.25, 0.3) is 5.56 Å². The Morgan fingerprint density at radius 1 is 1.03 bits per heavy atom. The molecule has 0 fully saturated rings. The number of aromatic nitrogens is 2. The van der Waals surface area contributed by atoms with Crippen LogP contribution in [0.25, 0.3) is 10.9 Å². The zero-order valence-electron chi connectivity index (χ0n) is 20.0. The topological polar surface area (TPSA) is 67.7 Å². The van der Waals surface area contributed by atoms with Crippen molar-refractivity contribution in [2.75, 3.05) is 32.8 Å². The van der Waals surface area contributed by atoms with E-state index >= 15 is 0 Å². The molecule has 0 spiro atoms. The van der Waals surface area contributed by atoms with Gasteiger partial charge in [-0.3, -0.25) is 19.5 Å². The Hall–Kier alpha value is -2.61. The highest BCUT2D eigenvalue weighted by molar-refractivity contribution is 5.85. The molecular formula is C25H34Cl2N4O3. The molecule has 2 aromatic heterocycles. The predicted molar refractivity (Wildman–Crippen MR) is 141 cm³/mol. The van der Waals surface area contributed by atoms with Gasteiger partial charge >= 0.3 is 0 Å². The van der Waals surface area contributed by atoms with Gasteiger partial charge in [0.2, 0.25) is 5.91 Å². The van der Waals surface area contributed by atoms with E-state index in [0.29, 0.717) is 19.7 Å². The Kier molecular flexibility index (Phi) is 12.6. The molecule has 1 aromatic carbocycles. The smallest absolute Gasteiger partial charge is 0.250 e. The Bertz CT molecular complexity index is 1090. The molecule has 3 aromatic rings. The van der Waals surface area contributed by atoms with Gasteiger partial charge in [-0.25, -0.2) is 0 Å². The monoisotopic (exact) mass is 508 g/mol. The summed E-state index contributed by atoms with van der Waals surface area (Å²) < 4.78 is 7.59. The second-order valence-electron chi connectivity index (χ2n) is 7.79. The largest absolute Gasteiger partial charge is 0.494 e. The average Bonchev–Trinajstić information content (AvgIpc) is 2.80. The number of aryl methyl sites for hydroxylation is 1. The third kappa shape index (κ3) is 8.01. The molecular weight excluding hydrogens is 475 g/mol. The van der Waals surface area contributed by atoms with Crippen LogP contribution < -0.4 is 10.3 Å². The number of benzene rings is 1. The van der Waals surface area contributed by atoms with Gasteiger partial charge in [0.1, 0.15) is 5.75 Å².